The number of hydrogen-bond donors (Lipinski definition) is 0. The first-order valence-electron chi connectivity index (χ1n) is 24.6. The summed E-state index contributed by atoms with van der Waals surface area (Å²) in [5, 5.41) is 0. The van der Waals surface area contributed by atoms with Gasteiger partial charge in [-0.05, 0) is 114 Å². The van der Waals surface area contributed by atoms with Gasteiger partial charge in [0.2, 0.25) is 5.91 Å². The van der Waals surface area contributed by atoms with Crippen LogP contribution in [-0.4, -0.2) is 58.6 Å². The van der Waals surface area contributed by atoms with Crippen molar-refractivity contribution >= 4 is 40.6 Å². The van der Waals surface area contributed by atoms with Crippen molar-refractivity contribution in [2.45, 2.75) is 123 Å². The molecular formula is C59H87NO7. The van der Waals surface area contributed by atoms with E-state index in [2.05, 4.69) is 82.1 Å². The summed E-state index contributed by atoms with van der Waals surface area (Å²) in [4.78, 5) is 77.3. The van der Waals surface area contributed by atoms with Crippen LogP contribution in [0.4, 0.5) is 0 Å². The van der Waals surface area contributed by atoms with E-state index in [0.717, 1.165) is 35.7 Å². The van der Waals surface area contributed by atoms with E-state index < -0.39 is 0 Å². The molecule has 8 heteroatoms. The maximum atomic E-state index is 11.5. The molecule has 8 nitrogen and oxygen atoms in total. The van der Waals surface area contributed by atoms with Gasteiger partial charge in [0, 0.05) is 54.5 Å². The number of piperidine rings is 1. The molecule has 0 spiro atoms. The molecule has 0 N–H and O–H groups in total. The topological polar surface area (TPSA) is 123 Å². The molecule has 12 atom stereocenters. The van der Waals surface area contributed by atoms with E-state index in [9.17, 15) is 33.6 Å². The molecule has 1 aliphatic heterocycles. The highest BCUT2D eigenvalue weighted by Gasteiger charge is 2.38. The van der Waals surface area contributed by atoms with Gasteiger partial charge in [-0.3, -0.25) is 33.6 Å². The monoisotopic (exact) mass is 922 g/mol. The summed E-state index contributed by atoms with van der Waals surface area (Å²) in [5.74, 6) is 8.79. The summed E-state index contributed by atoms with van der Waals surface area (Å²) in [7, 11) is 1.90. The van der Waals surface area contributed by atoms with Crippen LogP contribution in [0, 0.1) is 88.8 Å². The fraction of sp³-hybridized carbons (Fsp3) is 0.576. The highest BCUT2D eigenvalue weighted by molar-refractivity contribution is 6.07. The van der Waals surface area contributed by atoms with Gasteiger partial charge in [-0.25, -0.2) is 0 Å². The third-order valence-corrected chi connectivity index (χ3v) is 15.9. The minimum Gasteiger partial charge on any atom is -0.343 e. The number of ketones is 6. The first kappa shape index (κ1) is 60.2. The number of nitrogens with zero attached hydrogens (tertiary/aromatic N) is 1. The predicted molar refractivity (Wildman–Crippen MR) is 277 cm³/mol. The van der Waals surface area contributed by atoms with E-state index in [0.29, 0.717) is 46.8 Å². The third-order valence-electron chi connectivity index (χ3n) is 15.9. The van der Waals surface area contributed by atoms with Crippen LogP contribution in [0.1, 0.15) is 117 Å². The van der Waals surface area contributed by atoms with E-state index >= 15 is 0 Å². The smallest absolute Gasteiger partial charge is 0.225 e. The van der Waals surface area contributed by atoms with Crippen LogP contribution >= 0.6 is 0 Å². The van der Waals surface area contributed by atoms with Gasteiger partial charge in [0.25, 0.3) is 0 Å². The number of carbonyl (C=O) groups excluding carboxylic acids is 7. The molecule has 2 fully saturated rings. The Balaban J connectivity index is 0.000000384. The molecule has 0 radical (unpaired) electrons. The van der Waals surface area contributed by atoms with Crippen molar-refractivity contribution in [1.82, 2.24) is 4.90 Å². The molecule has 1 saturated carbocycles. The zero-order valence-corrected chi connectivity index (χ0v) is 44.3. The average Bonchev–Trinajstić information content (AvgIpc) is 4.12. The fourth-order valence-corrected chi connectivity index (χ4v) is 7.94. The van der Waals surface area contributed by atoms with Gasteiger partial charge in [-0.2, -0.15) is 0 Å². The average molecular weight is 922 g/mol. The summed E-state index contributed by atoms with van der Waals surface area (Å²) in [5.41, 5.74) is 2.35. The number of carbonyl (C=O) groups is 7. The number of rotatable bonds is 0. The van der Waals surface area contributed by atoms with Crippen molar-refractivity contribution in [3.63, 3.8) is 0 Å². The molecule has 1 amide bonds. The first-order chi connectivity index (χ1) is 31.0. The van der Waals surface area contributed by atoms with Crippen molar-refractivity contribution in [3.05, 3.63) is 109 Å². The summed E-state index contributed by atoms with van der Waals surface area (Å²) < 4.78 is 0. The lowest BCUT2D eigenvalue weighted by molar-refractivity contribution is -0.141. The lowest BCUT2D eigenvalue weighted by Crippen LogP contribution is -2.46. The second-order valence-corrected chi connectivity index (χ2v) is 20.6. The third kappa shape index (κ3) is 18.0. The Labute approximate surface area is 406 Å². The molecule has 0 aromatic heterocycles. The second kappa shape index (κ2) is 27.8. The summed E-state index contributed by atoms with van der Waals surface area (Å²) in [6.45, 7) is 44.5. The van der Waals surface area contributed by atoms with Crippen molar-refractivity contribution in [2.24, 2.45) is 88.8 Å². The maximum absolute atomic E-state index is 11.5. The Morgan fingerprint density at radius 3 is 0.896 bits per heavy atom. The van der Waals surface area contributed by atoms with E-state index in [1.807, 2.05) is 90.8 Å². The molecule has 0 aromatic carbocycles. The molecule has 8 rings (SSSR count). The van der Waals surface area contributed by atoms with Crippen molar-refractivity contribution in [1.29, 1.82) is 0 Å². The molecule has 7 aliphatic carbocycles. The van der Waals surface area contributed by atoms with E-state index in [-0.39, 0.29) is 76.1 Å². The molecule has 370 valence electrons. The van der Waals surface area contributed by atoms with Gasteiger partial charge in [-0.15, -0.1) is 0 Å². The van der Waals surface area contributed by atoms with Crippen LogP contribution in [0.25, 0.3) is 0 Å². The minimum absolute atomic E-state index is 0.0370. The second-order valence-electron chi connectivity index (χ2n) is 20.6. The molecule has 1 heterocycles. The SMILES string of the molecule is C=C1C(=O)C=CC1C.C=C1C(=O)C=C[C@@H]1C.C=C1C=CC(=O)C1C.CC1C(C)C(C)C1C.CC1C=CC(=O)C1C.CC1CC(C)N(C)C(=O)C1C.C[C@@H]1C=CC(=O)[C@H]1C.C[C@H]1C=CC(=O)[C@@H]1C. The van der Waals surface area contributed by atoms with Crippen LogP contribution in [0.15, 0.2) is 109 Å². The zero-order chi connectivity index (χ0) is 51.8. The van der Waals surface area contributed by atoms with E-state index in [1.54, 1.807) is 42.5 Å². The molecular weight excluding hydrogens is 835 g/mol. The van der Waals surface area contributed by atoms with Crippen molar-refractivity contribution in [3.8, 4) is 0 Å². The van der Waals surface area contributed by atoms with Gasteiger partial charge >= 0.3 is 0 Å². The Hall–Kier alpha value is -4.85. The Kier molecular flexibility index (Phi) is 25.0. The van der Waals surface area contributed by atoms with Crippen molar-refractivity contribution < 1.29 is 33.6 Å². The van der Waals surface area contributed by atoms with Crippen LogP contribution in [-0.2, 0) is 33.6 Å². The van der Waals surface area contributed by atoms with Gasteiger partial charge in [-0.1, -0.05) is 160 Å². The van der Waals surface area contributed by atoms with Gasteiger partial charge in [0.15, 0.2) is 34.7 Å². The first-order valence-corrected chi connectivity index (χ1v) is 24.6. The number of allylic oxidation sites excluding steroid dienone is 15. The lowest BCUT2D eigenvalue weighted by atomic mass is 9.60. The Morgan fingerprint density at radius 1 is 0.418 bits per heavy atom. The Morgan fingerprint density at radius 2 is 0.746 bits per heavy atom. The zero-order valence-electron chi connectivity index (χ0n) is 44.3. The standard InChI is InChI=1S/C9H17NO.C8H16.3C7H10O.3C7H8O/c1-6-5-7(2)10(4)9(11)8(6)3;1-5-6(2)8(4)7(5)3;6*1-5-3-4-7(8)6(5)2/h6-8H,5H2,1-4H3;5-8H,1-4H3;3*3-6H,1-2H3;2*3-5H,2H2,1H3;3-4,6H,1H2,2H3/t;;2*5-,6+;;5-;;/m..10.0../s1. The highest BCUT2D eigenvalue weighted by atomic mass is 16.2. The van der Waals surface area contributed by atoms with Gasteiger partial charge in [0.05, 0.1) is 0 Å². The Bertz CT molecular complexity index is 1820. The van der Waals surface area contributed by atoms with Crippen LogP contribution < -0.4 is 0 Å². The highest BCUT2D eigenvalue weighted by Crippen LogP contribution is 2.44. The molecule has 8 aliphatic rings. The van der Waals surface area contributed by atoms with Crippen LogP contribution in [0.3, 0.4) is 0 Å². The summed E-state index contributed by atoms with van der Waals surface area (Å²) in [6, 6.07) is 0.425. The van der Waals surface area contributed by atoms with Crippen molar-refractivity contribution in [2.75, 3.05) is 7.05 Å². The van der Waals surface area contributed by atoms with Crippen LogP contribution in [0.5, 0.6) is 0 Å². The lowest BCUT2D eigenvalue weighted by Gasteiger charge is -2.45. The maximum Gasteiger partial charge on any atom is 0.225 e. The molecule has 1 saturated heterocycles. The van der Waals surface area contributed by atoms with E-state index in [1.165, 1.54) is 0 Å². The fourth-order valence-electron chi connectivity index (χ4n) is 7.94. The molecule has 67 heavy (non-hydrogen) atoms. The van der Waals surface area contributed by atoms with Crippen LogP contribution in [0.2, 0.25) is 0 Å². The van der Waals surface area contributed by atoms with Gasteiger partial charge < -0.3 is 4.90 Å². The molecule has 7 unspecified atom stereocenters. The normalized spacial score (nSPS) is 36.0. The predicted octanol–water partition coefficient (Wildman–Crippen LogP) is 12.2. The molecule has 0 aromatic rings. The minimum atomic E-state index is 0.0370. The largest absolute Gasteiger partial charge is 0.343 e. The number of amides is 1. The number of hydrogen-bond acceptors (Lipinski definition) is 7. The number of likely N-dealkylation sites (tertiary alicyclic amines) is 1. The van der Waals surface area contributed by atoms with E-state index in [4.69, 9.17) is 0 Å². The molecule has 0 bridgehead atoms. The van der Waals surface area contributed by atoms with Gasteiger partial charge in [0.1, 0.15) is 0 Å². The summed E-state index contributed by atoms with van der Waals surface area (Å²) >= 11 is 0. The quantitative estimate of drug-likeness (QED) is 0.222. The summed E-state index contributed by atoms with van der Waals surface area (Å²) in [6.07, 6.45) is 22.3.